The maximum Gasteiger partial charge on any atom is 0.223 e. The normalized spacial score (nSPS) is 10.9. The summed E-state index contributed by atoms with van der Waals surface area (Å²) in [5, 5.41) is 7.19. The minimum absolute atomic E-state index is 0.584. The molecule has 0 aliphatic rings. The minimum atomic E-state index is 0.584. The van der Waals surface area contributed by atoms with Gasteiger partial charge in [-0.25, -0.2) is 0 Å². The van der Waals surface area contributed by atoms with Crippen molar-refractivity contribution >= 4 is 32.7 Å². The van der Waals surface area contributed by atoms with Gasteiger partial charge in [-0.05, 0) is 28.1 Å². The fraction of sp³-hybridized carbons (Fsp3) is 0.231. The molecule has 3 aromatic rings. The van der Waals surface area contributed by atoms with Crippen LogP contribution in [0, 0.1) is 6.92 Å². The summed E-state index contributed by atoms with van der Waals surface area (Å²) in [5.41, 5.74) is 2.64. The standard InChI is InChI=1S/C13H12BrN5O/c1-8-18-12(19-20-8)3-5-15-10-2-4-16-11-6-9(14)7-17-13(10)11/h2,4,6-7H,3,5H2,1H3,(H,15,16). The Morgan fingerprint density at radius 2 is 2.25 bits per heavy atom. The van der Waals surface area contributed by atoms with E-state index in [4.69, 9.17) is 4.52 Å². The van der Waals surface area contributed by atoms with Gasteiger partial charge in [0, 0.05) is 36.8 Å². The number of pyridine rings is 2. The molecule has 3 aromatic heterocycles. The van der Waals surface area contributed by atoms with Crippen LogP contribution in [0.5, 0.6) is 0 Å². The molecule has 0 unspecified atom stereocenters. The van der Waals surface area contributed by atoms with Crippen LogP contribution >= 0.6 is 15.9 Å². The lowest BCUT2D eigenvalue weighted by Gasteiger charge is -2.07. The summed E-state index contributed by atoms with van der Waals surface area (Å²) in [6.07, 6.45) is 4.21. The molecule has 0 aliphatic heterocycles. The lowest BCUT2D eigenvalue weighted by atomic mass is 10.2. The van der Waals surface area contributed by atoms with E-state index in [-0.39, 0.29) is 0 Å². The average molecular weight is 334 g/mol. The number of halogens is 1. The molecule has 0 amide bonds. The summed E-state index contributed by atoms with van der Waals surface area (Å²) in [4.78, 5) is 12.9. The predicted molar refractivity (Wildman–Crippen MR) is 78.5 cm³/mol. The third kappa shape index (κ3) is 2.77. The number of hydrogen-bond donors (Lipinski definition) is 1. The van der Waals surface area contributed by atoms with Crippen LogP contribution in [0.15, 0.2) is 33.5 Å². The van der Waals surface area contributed by atoms with Crippen molar-refractivity contribution in [1.29, 1.82) is 0 Å². The van der Waals surface area contributed by atoms with Gasteiger partial charge in [0.1, 0.15) is 5.52 Å². The number of nitrogens with one attached hydrogen (secondary N) is 1. The molecule has 0 atom stereocenters. The van der Waals surface area contributed by atoms with Crippen LogP contribution in [-0.2, 0) is 6.42 Å². The fourth-order valence-electron chi connectivity index (χ4n) is 1.90. The third-order valence-corrected chi connectivity index (χ3v) is 3.21. The Morgan fingerprint density at radius 3 is 3.05 bits per heavy atom. The van der Waals surface area contributed by atoms with Crippen LogP contribution in [0.3, 0.4) is 0 Å². The highest BCUT2D eigenvalue weighted by molar-refractivity contribution is 9.10. The molecule has 6 nitrogen and oxygen atoms in total. The second-order valence-electron chi connectivity index (χ2n) is 4.29. The topological polar surface area (TPSA) is 76.7 Å². The SMILES string of the molecule is Cc1nc(CCNc2ccnc3cc(Br)cnc23)no1. The Balaban J connectivity index is 1.74. The summed E-state index contributed by atoms with van der Waals surface area (Å²) >= 11 is 3.39. The van der Waals surface area contributed by atoms with E-state index in [1.54, 1.807) is 19.3 Å². The van der Waals surface area contributed by atoms with Crippen LogP contribution in [0.25, 0.3) is 11.0 Å². The van der Waals surface area contributed by atoms with Crippen LogP contribution in [0.2, 0.25) is 0 Å². The van der Waals surface area contributed by atoms with Crippen molar-refractivity contribution in [2.75, 3.05) is 11.9 Å². The Morgan fingerprint density at radius 1 is 1.35 bits per heavy atom. The summed E-state index contributed by atoms with van der Waals surface area (Å²) in [6.45, 7) is 2.48. The van der Waals surface area contributed by atoms with E-state index in [1.165, 1.54) is 0 Å². The molecular formula is C13H12BrN5O. The maximum absolute atomic E-state index is 4.93. The minimum Gasteiger partial charge on any atom is -0.383 e. The number of fused-ring (bicyclic) bond motifs is 1. The quantitative estimate of drug-likeness (QED) is 0.791. The molecule has 1 N–H and O–H groups in total. The summed E-state index contributed by atoms with van der Waals surface area (Å²) in [6, 6.07) is 3.85. The first-order valence-electron chi connectivity index (χ1n) is 6.16. The molecule has 3 heterocycles. The monoisotopic (exact) mass is 333 g/mol. The van der Waals surface area contributed by atoms with E-state index in [1.807, 2.05) is 12.1 Å². The first-order valence-corrected chi connectivity index (χ1v) is 6.95. The fourth-order valence-corrected chi connectivity index (χ4v) is 2.22. The zero-order chi connectivity index (χ0) is 13.9. The van der Waals surface area contributed by atoms with Crippen LogP contribution in [-0.4, -0.2) is 26.7 Å². The summed E-state index contributed by atoms with van der Waals surface area (Å²) in [7, 11) is 0. The van der Waals surface area contributed by atoms with Gasteiger partial charge in [-0.15, -0.1) is 0 Å². The Hall–Kier alpha value is -2.02. The van der Waals surface area contributed by atoms with Crippen molar-refractivity contribution < 1.29 is 4.52 Å². The molecule has 3 rings (SSSR count). The zero-order valence-electron chi connectivity index (χ0n) is 10.8. The molecule has 0 saturated heterocycles. The van der Waals surface area contributed by atoms with Crippen molar-refractivity contribution in [2.45, 2.75) is 13.3 Å². The van der Waals surface area contributed by atoms with Crippen LogP contribution < -0.4 is 5.32 Å². The Labute approximate surface area is 123 Å². The van der Waals surface area contributed by atoms with Gasteiger partial charge in [-0.3, -0.25) is 9.97 Å². The third-order valence-electron chi connectivity index (χ3n) is 2.78. The number of anilines is 1. The van der Waals surface area contributed by atoms with Gasteiger partial charge in [0.2, 0.25) is 5.89 Å². The van der Waals surface area contributed by atoms with Gasteiger partial charge in [-0.1, -0.05) is 5.16 Å². The molecule has 102 valence electrons. The lowest BCUT2D eigenvalue weighted by Crippen LogP contribution is -2.07. The highest BCUT2D eigenvalue weighted by Crippen LogP contribution is 2.21. The second-order valence-corrected chi connectivity index (χ2v) is 5.20. The molecule has 0 fully saturated rings. The van der Waals surface area contributed by atoms with Gasteiger partial charge in [0.05, 0.1) is 11.2 Å². The number of hydrogen-bond acceptors (Lipinski definition) is 6. The zero-order valence-corrected chi connectivity index (χ0v) is 12.4. The van der Waals surface area contributed by atoms with Crippen molar-refractivity contribution in [3.63, 3.8) is 0 Å². The highest BCUT2D eigenvalue weighted by Gasteiger charge is 2.05. The van der Waals surface area contributed by atoms with Crippen molar-refractivity contribution in [1.82, 2.24) is 20.1 Å². The van der Waals surface area contributed by atoms with Crippen molar-refractivity contribution in [3.05, 3.63) is 40.7 Å². The number of nitrogens with zero attached hydrogens (tertiary/aromatic N) is 4. The molecule has 0 spiro atoms. The molecule has 0 saturated carbocycles. The average Bonchev–Trinajstić information content (AvgIpc) is 2.84. The van der Waals surface area contributed by atoms with Gasteiger partial charge >= 0.3 is 0 Å². The smallest absolute Gasteiger partial charge is 0.223 e. The first kappa shape index (κ1) is 13.0. The molecular weight excluding hydrogens is 322 g/mol. The second kappa shape index (κ2) is 5.54. The highest BCUT2D eigenvalue weighted by atomic mass is 79.9. The Kier molecular flexibility index (Phi) is 3.60. The van der Waals surface area contributed by atoms with E-state index in [0.29, 0.717) is 24.7 Å². The maximum atomic E-state index is 4.93. The van der Waals surface area contributed by atoms with E-state index in [9.17, 15) is 0 Å². The molecule has 7 heteroatoms. The van der Waals surface area contributed by atoms with E-state index in [2.05, 4.69) is 41.4 Å². The van der Waals surface area contributed by atoms with Gasteiger partial charge < -0.3 is 9.84 Å². The van der Waals surface area contributed by atoms with Crippen LogP contribution in [0.4, 0.5) is 5.69 Å². The van der Waals surface area contributed by atoms with Crippen molar-refractivity contribution in [3.8, 4) is 0 Å². The molecule has 0 radical (unpaired) electrons. The van der Waals surface area contributed by atoms with E-state index < -0.39 is 0 Å². The van der Waals surface area contributed by atoms with Crippen molar-refractivity contribution in [2.24, 2.45) is 0 Å². The summed E-state index contributed by atoms with van der Waals surface area (Å²) < 4.78 is 5.85. The first-order chi connectivity index (χ1) is 9.72. The number of rotatable bonds is 4. The van der Waals surface area contributed by atoms with E-state index in [0.717, 1.165) is 21.2 Å². The van der Waals surface area contributed by atoms with Gasteiger partial charge in [-0.2, -0.15) is 4.98 Å². The van der Waals surface area contributed by atoms with Gasteiger partial charge in [0.25, 0.3) is 0 Å². The lowest BCUT2D eigenvalue weighted by molar-refractivity contribution is 0.387. The molecule has 20 heavy (non-hydrogen) atoms. The van der Waals surface area contributed by atoms with Gasteiger partial charge in [0.15, 0.2) is 5.82 Å². The van der Waals surface area contributed by atoms with Crippen LogP contribution in [0.1, 0.15) is 11.7 Å². The van der Waals surface area contributed by atoms with E-state index >= 15 is 0 Å². The predicted octanol–water partition coefficient (Wildman–Crippen LogP) is 2.74. The largest absolute Gasteiger partial charge is 0.383 e. The summed E-state index contributed by atoms with van der Waals surface area (Å²) in [5.74, 6) is 1.28. The molecule has 0 aromatic carbocycles. The molecule has 0 aliphatic carbocycles. The molecule has 0 bridgehead atoms. The number of aromatic nitrogens is 4. The Bertz CT molecular complexity index is 742. The number of aryl methyl sites for hydroxylation is 1.